The third kappa shape index (κ3) is 3.33. The Morgan fingerprint density at radius 1 is 1.46 bits per heavy atom. The van der Waals surface area contributed by atoms with Crippen LogP contribution < -0.4 is 4.90 Å². The minimum absolute atomic E-state index is 0.0301. The molecule has 2 heterocycles. The van der Waals surface area contributed by atoms with Crippen LogP contribution in [-0.4, -0.2) is 56.0 Å². The molecule has 2 saturated heterocycles. The van der Waals surface area contributed by atoms with Gasteiger partial charge in [0.2, 0.25) is 0 Å². The van der Waals surface area contributed by atoms with E-state index in [0.717, 1.165) is 0 Å². The Balaban J connectivity index is 2.01. The molecule has 130 valence electrons. The Kier molecular flexibility index (Phi) is 4.67. The van der Waals surface area contributed by atoms with Crippen molar-refractivity contribution in [1.82, 2.24) is 0 Å². The molecule has 3 rings (SSSR count). The van der Waals surface area contributed by atoms with Gasteiger partial charge >= 0.3 is 0 Å². The molecule has 0 spiro atoms. The first-order chi connectivity index (χ1) is 11.3. The van der Waals surface area contributed by atoms with Crippen molar-refractivity contribution in [3.05, 3.63) is 29.6 Å². The quantitative estimate of drug-likeness (QED) is 0.798. The number of ether oxygens (including phenoxy) is 1. The van der Waals surface area contributed by atoms with Crippen LogP contribution >= 0.6 is 11.8 Å². The fraction of sp³-hybridized carbons (Fsp3) is 0.467. The highest BCUT2D eigenvalue weighted by molar-refractivity contribution is 8.16. The first-order valence-corrected chi connectivity index (χ1v) is 10.0. The minimum Gasteiger partial charge on any atom is -0.375 e. The van der Waals surface area contributed by atoms with E-state index in [1.54, 1.807) is 24.0 Å². The second-order valence-corrected chi connectivity index (χ2v) is 9.19. The molecule has 2 atom stereocenters. The summed E-state index contributed by atoms with van der Waals surface area (Å²) in [6, 6.07) is 4.33. The molecule has 2 fully saturated rings. The zero-order valence-electron chi connectivity index (χ0n) is 13.2. The van der Waals surface area contributed by atoms with E-state index in [9.17, 15) is 17.6 Å². The van der Waals surface area contributed by atoms with Crippen molar-refractivity contribution in [2.45, 2.75) is 18.2 Å². The number of carbonyl (C=O) groups excluding carboxylic acids is 1. The predicted octanol–water partition coefficient (Wildman–Crippen LogP) is 1.38. The summed E-state index contributed by atoms with van der Waals surface area (Å²) in [6.07, 6.45) is 0. The molecule has 2 aliphatic heterocycles. The number of carbonyl (C=O) groups is 1. The Morgan fingerprint density at radius 3 is 2.88 bits per heavy atom. The number of amidine groups is 1. The van der Waals surface area contributed by atoms with Crippen molar-refractivity contribution < 1.29 is 22.3 Å². The largest absolute Gasteiger partial charge is 0.375 e. The van der Waals surface area contributed by atoms with E-state index in [4.69, 9.17) is 4.74 Å². The Labute approximate surface area is 144 Å². The Bertz CT molecular complexity index is 810. The lowest BCUT2D eigenvalue weighted by Crippen LogP contribution is -2.37. The number of halogens is 1. The predicted molar refractivity (Wildman–Crippen MR) is 91.8 cm³/mol. The summed E-state index contributed by atoms with van der Waals surface area (Å²) in [5, 5.41) is 0.179. The molecule has 2 aliphatic rings. The molecule has 0 aromatic heterocycles. The van der Waals surface area contributed by atoms with Crippen LogP contribution in [0.1, 0.15) is 5.56 Å². The van der Waals surface area contributed by atoms with Crippen molar-refractivity contribution in [2.75, 3.05) is 30.1 Å². The maximum Gasteiger partial charge on any atom is 0.274 e. The molecule has 0 radical (unpaired) electrons. The highest BCUT2D eigenvalue weighted by atomic mass is 32.2. The summed E-state index contributed by atoms with van der Waals surface area (Å²) in [5.74, 6) is -0.840. The number of nitrogens with zero attached hydrogens (tertiary/aromatic N) is 2. The van der Waals surface area contributed by atoms with E-state index in [1.807, 2.05) is 0 Å². The van der Waals surface area contributed by atoms with Crippen LogP contribution in [-0.2, 0) is 19.4 Å². The molecule has 0 N–H and O–H groups in total. The number of hydrogen-bond donors (Lipinski definition) is 0. The highest BCUT2D eigenvalue weighted by Crippen LogP contribution is 2.41. The SMILES string of the molecule is COCC(=O)N=C1S[C@H]2CS(=O)(=O)C[C@@H]2N1c1ccc(C)c(F)c1. The molecular formula is C15H17FN2O4S2. The molecule has 0 saturated carbocycles. The number of rotatable bonds is 3. The van der Waals surface area contributed by atoms with Crippen LogP contribution in [0.4, 0.5) is 10.1 Å². The normalized spacial score (nSPS) is 26.8. The monoisotopic (exact) mass is 372 g/mol. The average molecular weight is 372 g/mol. The van der Waals surface area contributed by atoms with Crippen LogP contribution in [0.5, 0.6) is 0 Å². The van der Waals surface area contributed by atoms with Gasteiger partial charge in [0.25, 0.3) is 5.91 Å². The third-order valence-electron chi connectivity index (χ3n) is 3.99. The smallest absolute Gasteiger partial charge is 0.274 e. The number of hydrogen-bond acceptors (Lipinski definition) is 5. The van der Waals surface area contributed by atoms with Crippen molar-refractivity contribution >= 4 is 38.4 Å². The van der Waals surface area contributed by atoms with E-state index in [2.05, 4.69) is 4.99 Å². The van der Waals surface area contributed by atoms with Crippen LogP contribution in [0.2, 0.25) is 0 Å². The standard InChI is InChI=1S/C15H17FN2O4S2/c1-9-3-4-10(5-11(9)16)18-12-7-24(20,21)8-13(12)23-15(18)17-14(19)6-22-2/h3-5,12-13H,6-8H2,1-2H3/t12-,13-/m0/s1. The molecule has 24 heavy (non-hydrogen) atoms. The van der Waals surface area contributed by atoms with Gasteiger partial charge in [-0.25, -0.2) is 12.8 Å². The van der Waals surface area contributed by atoms with Crippen molar-refractivity contribution in [3.63, 3.8) is 0 Å². The van der Waals surface area contributed by atoms with Gasteiger partial charge in [0.15, 0.2) is 15.0 Å². The molecule has 0 unspecified atom stereocenters. The topological polar surface area (TPSA) is 76.0 Å². The number of aryl methyl sites for hydroxylation is 1. The fourth-order valence-electron chi connectivity index (χ4n) is 2.86. The van der Waals surface area contributed by atoms with Crippen LogP contribution in [0.15, 0.2) is 23.2 Å². The molecule has 6 nitrogen and oxygen atoms in total. The summed E-state index contributed by atoms with van der Waals surface area (Å²) in [6.45, 7) is 1.49. The van der Waals surface area contributed by atoms with Gasteiger partial charge in [0.05, 0.1) is 17.5 Å². The number of methoxy groups -OCH3 is 1. The van der Waals surface area contributed by atoms with Crippen LogP contribution in [0, 0.1) is 12.7 Å². The number of anilines is 1. The number of aliphatic imine (C=N–C) groups is 1. The first-order valence-electron chi connectivity index (χ1n) is 7.33. The van der Waals surface area contributed by atoms with Gasteiger partial charge in [-0.2, -0.15) is 4.99 Å². The van der Waals surface area contributed by atoms with Crippen molar-refractivity contribution in [1.29, 1.82) is 0 Å². The van der Waals surface area contributed by atoms with Gasteiger partial charge in [-0.3, -0.25) is 4.79 Å². The molecule has 1 amide bonds. The van der Waals surface area contributed by atoms with Gasteiger partial charge in [0, 0.05) is 18.0 Å². The summed E-state index contributed by atoms with van der Waals surface area (Å²) in [7, 11) is -1.75. The lowest BCUT2D eigenvalue weighted by Gasteiger charge is -2.24. The van der Waals surface area contributed by atoms with E-state index in [1.165, 1.54) is 24.9 Å². The van der Waals surface area contributed by atoms with Gasteiger partial charge < -0.3 is 9.64 Å². The van der Waals surface area contributed by atoms with E-state index in [0.29, 0.717) is 16.4 Å². The molecule has 1 aromatic carbocycles. The number of thioether (sulfide) groups is 1. The summed E-state index contributed by atoms with van der Waals surface area (Å²) >= 11 is 1.25. The van der Waals surface area contributed by atoms with Gasteiger partial charge in [-0.05, 0) is 24.6 Å². The van der Waals surface area contributed by atoms with E-state index < -0.39 is 15.7 Å². The zero-order valence-corrected chi connectivity index (χ0v) is 14.9. The molecule has 0 aliphatic carbocycles. The van der Waals surface area contributed by atoms with E-state index >= 15 is 0 Å². The van der Waals surface area contributed by atoms with E-state index in [-0.39, 0.29) is 35.2 Å². The van der Waals surface area contributed by atoms with Gasteiger partial charge in [-0.15, -0.1) is 0 Å². The summed E-state index contributed by atoms with van der Waals surface area (Å²) in [4.78, 5) is 17.5. The maximum atomic E-state index is 14.0. The van der Waals surface area contributed by atoms with Gasteiger partial charge in [0.1, 0.15) is 12.4 Å². The molecule has 9 heteroatoms. The maximum absolute atomic E-state index is 14.0. The first kappa shape index (κ1) is 17.4. The Morgan fingerprint density at radius 2 is 2.21 bits per heavy atom. The third-order valence-corrected chi connectivity index (χ3v) is 7.20. The zero-order chi connectivity index (χ0) is 17.5. The highest BCUT2D eigenvalue weighted by Gasteiger charge is 2.49. The van der Waals surface area contributed by atoms with Crippen LogP contribution in [0.25, 0.3) is 0 Å². The second-order valence-electron chi connectivity index (χ2n) is 5.83. The van der Waals surface area contributed by atoms with Crippen LogP contribution in [0.3, 0.4) is 0 Å². The average Bonchev–Trinajstić information content (AvgIpc) is 2.93. The molecule has 1 aromatic rings. The van der Waals surface area contributed by atoms with Crippen molar-refractivity contribution in [3.8, 4) is 0 Å². The lowest BCUT2D eigenvalue weighted by molar-refractivity contribution is -0.121. The number of benzene rings is 1. The summed E-state index contributed by atoms with van der Waals surface area (Å²) in [5.41, 5.74) is 0.995. The van der Waals surface area contributed by atoms with Gasteiger partial charge in [-0.1, -0.05) is 17.8 Å². The minimum atomic E-state index is -3.15. The molecular weight excluding hydrogens is 355 g/mol. The number of fused-ring (bicyclic) bond motifs is 1. The Hall–Kier alpha value is -1.45. The molecule has 0 bridgehead atoms. The number of amides is 1. The lowest BCUT2D eigenvalue weighted by atomic mass is 10.1. The number of sulfone groups is 1. The fourth-order valence-corrected chi connectivity index (χ4v) is 6.79. The second kappa shape index (κ2) is 6.45. The van der Waals surface area contributed by atoms with Crippen molar-refractivity contribution in [2.24, 2.45) is 4.99 Å². The summed E-state index contributed by atoms with van der Waals surface area (Å²) < 4.78 is 42.6.